The van der Waals surface area contributed by atoms with Gasteiger partial charge < -0.3 is 14.7 Å². The second kappa shape index (κ2) is 6.98. The number of nitrogens with zero attached hydrogens (tertiary/aromatic N) is 4. The van der Waals surface area contributed by atoms with Crippen LogP contribution in [0.5, 0.6) is 5.75 Å². The topological polar surface area (TPSA) is 106 Å². The van der Waals surface area contributed by atoms with Gasteiger partial charge in [-0.15, -0.1) is 4.99 Å². The summed E-state index contributed by atoms with van der Waals surface area (Å²) < 4.78 is 32.2. The van der Waals surface area contributed by atoms with Crippen molar-refractivity contribution in [1.82, 2.24) is 9.21 Å². The smallest absolute Gasteiger partial charge is 0.242 e. The highest BCUT2D eigenvalue weighted by Crippen LogP contribution is 2.45. The molecular weight excluding hydrogens is 388 g/mol. The van der Waals surface area contributed by atoms with Crippen LogP contribution in [0.25, 0.3) is 0 Å². The van der Waals surface area contributed by atoms with Crippen molar-refractivity contribution < 1.29 is 18.3 Å². The molecule has 2 aliphatic heterocycles. The molecule has 0 radical (unpaired) electrons. The summed E-state index contributed by atoms with van der Waals surface area (Å²) in [5, 5.41) is 20.5. The Hall–Kier alpha value is -1.80. The molecule has 2 heterocycles. The molecule has 2 atom stereocenters. The van der Waals surface area contributed by atoms with Gasteiger partial charge in [0.2, 0.25) is 16.2 Å². The van der Waals surface area contributed by atoms with Gasteiger partial charge in [0.1, 0.15) is 17.5 Å². The number of amidine groups is 1. The largest absolute Gasteiger partial charge is 0.485 e. The third-order valence-corrected chi connectivity index (χ3v) is 7.54. The molecule has 0 unspecified atom stereocenters. The molecule has 0 spiro atoms. The number of fused-ring (bicyclic) bond motifs is 1. The van der Waals surface area contributed by atoms with Gasteiger partial charge in [-0.2, -0.15) is 5.26 Å². The number of benzene rings is 1. The zero-order valence-electron chi connectivity index (χ0n) is 15.6. The van der Waals surface area contributed by atoms with Gasteiger partial charge in [-0.3, -0.25) is 0 Å². The zero-order valence-corrected chi connectivity index (χ0v) is 17.2. The summed E-state index contributed by atoms with van der Waals surface area (Å²) in [6, 6.07) is 4.10. The lowest BCUT2D eigenvalue weighted by Crippen LogP contribution is -2.53. The number of thioether (sulfide) groups is 1. The van der Waals surface area contributed by atoms with E-state index >= 15 is 0 Å². The number of sulfonamides is 1. The molecular formula is C17H22N4O4S2. The van der Waals surface area contributed by atoms with Crippen LogP contribution in [0.15, 0.2) is 28.1 Å². The molecule has 10 heteroatoms. The third kappa shape index (κ3) is 3.40. The average molecular weight is 411 g/mol. The molecule has 0 bridgehead atoms. The summed E-state index contributed by atoms with van der Waals surface area (Å²) in [6.45, 7) is 4.15. The predicted molar refractivity (Wildman–Crippen MR) is 103 cm³/mol. The first-order chi connectivity index (χ1) is 12.6. The fourth-order valence-electron chi connectivity index (χ4n) is 3.27. The van der Waals surface area contributed by atoms with Crippen LogP contribution >= 0.6 is 11.8 Å². The quantitative estimate of drug-likeness (QED) is 0.751. The van der Waals surface area contributed by atoms with E-state index in [2.05, 4.69) is 4.99 Å². The first kappa shape index (κ1) is 19.9. The van der Waals surface area contributed by atoms with Crippen molar-refractivity contribution >= 4 is 27.0 Å². The second-order valence-electron chi connectivity index (χ2n) is 7.12. The standard InChI is InChI=1S/C17H22N4O4S2/c1-17(2)15(22)14(21-7-8-26-16(21)19-10-18)12-9-11(5-6-13(12)25-17)27(23,24)20(3)4/h5-6,9,14-15,22H,7-8H2,1-4H3/t14-,15+/m1/s1. The molecule has 0 aromatic heterocycles. The van der Waals surface area contributed by atoms with E-state index in [1.54, 1.807) is 32.2 Å². The van der Waals surface area contributed by atoms with E-state index < -0.39 is 27.8 Å². The molecule has 8 nitrogen and oxygen atoms in total. The summed E-state index contributed by atoms with van der Waals surface area (Å²) in [4.78, 5) is 5.84. The molecule has 2 aliphatic rings. The molecule has 0 saturated carbocycles. The van der Waals surface area contributed by atoms with Crippen molar-refractivity contribution in [3.05, 3.63) is 23.8 Å². The first-order valence-electron chi connectivity index (χ1n) is 8.39. The number of rotatable bonds is 3. The molecule has 0 aliphatic carbocycles. The van der Waals surface area contributed by atoms with Gasteiger partial charge in [-0.25, -0.2) is 12.7 Å². The molecule has 27 heavy (non-hydrogen) atoms. The van der Waals surface area contributed by atoms with Crippen molar-refractivity contribution in [3.8, 4) is 11.9 Å². The van der Waals surface area contributed by atoms with Crippen LogP contribution in [-0.2, 0) is 10.0 Å². The Morgan fingerprint density at radius 1 is 1.44 bits per heavy atom. The van der Waals surface area contributed by atoms with Crippen LogP contribution in [0.3, 0.4) is 0 Å². The Morgan fingerprint density at radius 3 is 2.78 bits per heavy atom. The van der Waals surface area contributed by atoms with E-state index in [1.165, 1.54) is 31.9 Å². The second-order valence-corrected chi connectivity index (χ2v) is 10.3. The van der Waals surface area contributed by atoms with E-state index in [-0.39, 0.29) is 4.90 Å². The molecule has 1 aromatic carbocycles. The number of aliphatic hydroxyl groups excluding tert-OH is 1. The highest BCUT2D eigenvalue weighted by Gasteiger charge is 2.47. The summed E-state index contributed by atoms with van der Waals surface area (Å²) in [6.07, 6.45) is 0.859. The minimum Gasteiger partial charge on any atom is -0.485 e. The molecule has 0 amide bonds. The molecule has 146 valence electrons. The maximum atomic E-state index is 12.6. The summed E-state index contributed by atoms with van der Waals surface area (Å²) in [5.41, 5.74) is -0.317. The van der Waals surface area contributed by atoms with Crippen molar-refractivity contribution in [2.24, 2.45) is 4.99 Å². The van der Waals surface area contributed by atoms with E-state index in [0.29, 0.717) is 23.0 Å². The molecule has 1 N–H and O–H groups in total. The predicted octanol–water partition coefficient (Wildman–Crippen LogP) is 1.40. The Bertz CT molecular complexity index is 921. The summed E-state index contributed by atoms with van der Waals surface area (Å²) in [7, 11) is -0.702. The Morgan fingerprint density at radius 2 is 2.15 bits per heavy atom. The van der Waals surface area contributed by atoms with Gasteiger partial charge in [0.15, 0.2) is 5.17 Å². The van der Waals surface area contributed by atoms with E-state index in [4.69, 9.17) is 10.00 Å². The number of nitriles is 1. The van der Waals surface area contributed by atoms with Crippen LogP contribution in [0.1, 0.15) is 25.5 Å². The molecule has 1 aromatic rings. The zero-order chi connectivity index (χ0) is 20.0. The first-order valence-corrected chi connectivity index (χ1v) is 10.8. The Balaban J connectivity index is 2.17. The third-order valence-electron chi connectivity index (χ3n) is 4.75. The van der Waals surface area contributed by atoms with Gasteiger partial charge in [-0.1, -0.05) is 11.8 Å². The number of aliphatic imine (C=N–C) groups is 1. The number of hydrogen-bond acceptors (Lipinski definition) is 7. The van der Waals surface area contributed by atoms with Gasteiger partial charge >= 0.3 is 0 Å². The van der Waals surface area contributed by atoms with Crippen molar-refractivity contribution in [2.75, 3.05) is 26.4 Å². The van der Waals surface area contributed by atoms with Crippen LogP contribution in [0, 0.1) is 11.5 Å². The van der Waals surface area contributed by atoms with Crippen LogP contribution in [0.4, 0.5) is 0 Å². The lowest BCUT2D eigenvalue weighted by atomic mass is 9.85. The van der Waals surface area contributed by atoms with Gasteiger partial charge in [-0.05, 0) is 32.0 Å². The molecule has 1 fully saturated rings. The summed E-state index contributed by atoms with van der Waals surface area (Å²) in [5.74, 6) is 1.25. The maximum absolute atomic E-state index is 12.6. The van der Waals surface area contributed by atoms with E-state index in [9.17, 15) is 13.5 Å². The van der Waals surface area contributed by atoms with E-state index in [1.807, 2.05) is 4.90 Å². The van der Waals surface area contributed by atoms with Crippen molar-refractivity contribution in [2.45, 2.75) is 36.5 Å². The molecule has 3 rings (SSSR count). The van der Waals surface area contributed by atoms with Crippen molar-refractivity contribution in [3.63, 3.8) is 0 Å². The average Bonchev–Trinajstić information content (AvgIpc) is 3.03. The number of ether oxygens (including phenoxy) is 1. The van der Waals surface area contributed by atoms with Gasteiger partial charge in [0, 0.05) is 32.0 Å². The van der Waals surface area contributed by atoms with E-state index in [0.717, 1.165) is 10.1 Å². The Kier molecular flexibility index (Phi) is 5.16. The Labute approximate surface area is 163 Å². The van der Waals surface area contributed by atoms with Crippen LogP contribution in [0.2, 0.25) is 0 Å². The number of hydrogen-bond donors (Lipinski definition) is 1. The monoisotopic (exact) mass is 410 g/mol. The minimum absolute atomic E-state index is 0.123. The SMILES string of the molecule is CN(C)S(=O)(=O)c1ccc2c(c1)[C@@H](N1CCSC1=NC#N)[C@H](O)C(C)(C)O2. The highest BCUT2D eigenvalue weighted by atomic mass is 32.2. The fourth-order valence-corrected chi connectivity index (χ4v) is 5.15. The summed E-state index contributed by atoms with van der Waals surface area (Å²) >= 11 is 1.44. The lowest BCUT2D eigenvalue weighted by Gasteiger charge is -2.45. The fraction of sp³-hybridized carbons (Fsp3) is 0.529. The van der Waals surface area contributed by atoms with Crippen LogP contribution < -0.4 is 4.74 Å². The van der Waals surface area contributed by atoms with Gasteiger partial charge in [0.05, 0.1) is 10.9 Å². The normalized spacial score (nSPS) is 26.0. The van der Waals surface area contributed by atoms with Crippen molar-refractivity contribution in [1.29, 1.82) is 5.26 Å². The number of aliphatic hydroxyl groups is 1. The van der Waals surface area contributed by atoms with Crippen LogP contribution in [-0.4, -0.2) is 66.0 Å². The minimum atomic E-state index is -3.64. The van der Waals surface area contributed by atoms with Gasteiger partial charge in [0.25, 0.3) is 0 Å². The maximum Gasteiger partial charge on any atom is 0.242 e. The highest BCUT2D eigenvalue weighted by molar-refractivity contribution is 8.14. The lowest BCUT2D eigenvalue weighted by molar-refractivity contribution is -0.0801. The molecule has 1 saturated heterocycles.